The van der Waals surface area contributed by atoms with Crippen molar-refractivity contribution in [1.82, 2.24) is 14.3 Å². The van der Waals surface area contributed by atoms with Crippen LogP contribution in [0, 0.1) is 0 Å². The first kappa shape index (κ1) is 26.1. The Labute approximate surface area is 228 Å². The summed E-state index contributed by atoms with van der Waals surface area (Å²) in [6.45, 7) is 2.96. The van der Waals surface area contributed by atoms with Crippen LogP contribution in [0.3, 0.4) is 0 Å². The Hall–Kier alpha value is -2.57. The second kappa shape index (κ2) is 11.0. The van der Waals surface area contributed by atoms with Crippen LogP contribution >= 0.6 is 34.3 Å². The summed E-state index contributed by atoms with van der Waals surface area (Å²) in [5.74, 6) is 0.424. The summed E-state index contributed by atoms with van der Waals surface area (Å²) in [5.41, 5.74) is 1.56. The maximum atomic E-state index is 14.2. The van der Waals surface area contributed by atoms with E-state index in [4.69, 9.17) is 21.3 Å². The van der Waals surface area contributed by atoms with Gasteiger partial charge in [-0.1, -0.05) is 35.4 Å². The van der Waals surface area contributed by atoms with Gasteiger partial charge in [0.05, 0.1) is 27.7 Å². The number of ether oxygens (including phenoxy) is 1. The summed E-state index contributed by atoms with van der Waals surface area (Å²) in [6, 6.07) is 11.5. The highest BCUT2D eigenvalue weighted by Crippen LogP contribution is 2.36. The number of carbonyl (C=O) groups is 1. The number of amides is 1. The molecule has 8 nitrogen and oxygen atoms in total. The third-order valence-corrected chi connectivity index (χ3v) is 10.7. The third kappa shape index (κ3) is 5.51. The van der Waals surface area contributed by atoms with Crippen LogP contribution in [-0.2, 0) is 21.4 Å². The number of rotatable bonds is 8. The molecule has 1 unspecified atom stereocenters. The van der Waals surface area contributed by atoms with Crippen molar-refractivity contribution >= 4 is 65.6 Å². The fourth-order valence-corrected chi connectivity index (χ4v) is 8.61. The van der Waals surface area contributed by atoms with E-state index in [0.717, 1.165) is 39.3 Å². The predicted molar refractivity (Wildman–Crippen MR) is 147 cm³/mol. The quantitative estimate of drug-likeness (QED) is 0.272. The zero-order valence-corrected chi connectivity index (χ0v) is 23.2. The molecule has 0 saturated carbocycles. The molecule has 0 radical (unpaired) electrons. The molecule has 1 atom stereocenters. The van der Waals surface area contributed by atoms with Crippen LogP contribution in [0.4, 0.5) is 5.13 Å². The standard InChI is InChI=1S/C25H25ClN4O4S3/c1-2-34-18-8-9-19-21(14-18)35-25(28-19)29(16-17-6-5-12-27-15-17)24(31)20-7-3-4-13-30(20)37(32,33)23-11-10-22(26)36-23/h5-6,8-12,14-15,20H,2-4,7,13,16H2,1H3. The van der Waals surface area contributed by atoms with Crippen molar-refractivity contribution in [1.29, 1.82) is 0 Å². The molecule has 1 aromatic carbocycles. The smallest absolute Gasteiger partial charge is 0.253 e. The van der Waals surface area contributed by atoms with E-state index in [2.05, 4.69) is 4.98 Å². The number of benzene rings is 1. The molecule has 0 aliphatic carbocycles. The number of thiazole rings is 1. The van der Waals surface area contributed by atoms with Gasteiger partial charge in [0.15, 0.2) is 5.13 Å². The zero-order valence-electron chi connectivity index (χ0n) is 20.0. The Morgan fingerprint density at radius 2 is 2.08 bits per heavy atom. The number of nitrogens with zero attached hydrogens (tertiary/aromatic N) is 4. The first-order chi connectivity index (χ1) is 17.9. The van der Waals surface area contributed by atoms with E-state index in [1.807, 2.05) is 37.3 Å². The van der Waals surface area contributed by atoms with Gasteiger partial charge in [-0.2, -0.15) is 4.31 Å². The van der Waals surface area contributed by atoms with Gasteiger partial charge in [0.1, 0.15) is 16.0 Å². The van der Waals surface area contributed by atoms with Crippen molar-refractivity contribution in [2.24, 2.45) is 0 Å². The fourth-order valence-electron chi connectivity index (χ4n) is 4.35. The highest BCUT2D eigenvalue weighted by atomic mass is 35.5. The van der Waals surface area contributed by atoms with Gasteiger partial charge in [-0.05, 0) is 61.7 Å². The number of halogens is 1. The van der Waals surface area contributed by atoms with Crippen LogP contribution < -0.4 is 9.64 Å². The van der Waals surface area contributed by atoms with Crippen molar-refractivity contribution in [2.45, 2.75) is 43.0 Å². The number of pyridine rings is 1. The van der Waals surface area contributed by atoms with Crippen LogP contribution in [0.2, 0.25) is 4.34 Å². The lowest BCUT2D eigenvalue weighted by Gasteiger charge is -2.35. The van der Waals surface area contributed by atoms with Gasteiger partial charge >= 0.3 is 0 Å². The molecule has 4 aromatic rings. The van der Waals surface area contributed by atoms with Gasteiger partial charge in [0, 0.05) is 18.9 Å². The van der Waals surface area contributed by atoms with Gasteiger partial charge in [-0.3, -0.25) is 14.7 Å². The van der Waals surface area contributed by atoms with E-state index in [0.29, 0.717) is 28.9 Å². The molecule has 5 rings (SSSR count). The molecule has 1 saturated heterocycles. The second-order valence-corrected chi connectivity index (χ2v) is 13.4. The van der Waals surface area contributed by atoms with Crippen molar-refractivity contribution < 1.29 is 17.9 Å². The molecule has 194 valence electrons. The van der Waals surface area contributed by atoms with Crippen molar-refractivity contribution in [3.63, 3.8) is 0 Å². The van der Waals surface area contributed by atoms with E-state index in [-0.39, 0.29) is 23.2 Å². The number of hydrogen-bond donors (Lipinski definition) is 0. The average molecular weight is 577 g/mol. The molecule has 1 aliphatic heterocycles. The summed E-state index contributed by atoms with van der Waals surface area (Å²) in [5, 5.41) is 0.500. The number of sulfonamides is 1. The lowest BCUT2D eigenvalue weighted by atomic mass is 10.0. The number of piperidine rings is 1. The van der Waals surface area contributed by atoms with Crippen molar-refractivity contribution in [3.8, 4) is 5.75 Å². The first-order valence-corrected chi connectivity index (χ1v) is 15.3. The number of thiophene rings is 1. The van der Waals surface area contributed by atoms with Crippen LogP contribution in [0.25, 0.3) is 10.2 Å². The van der Waals surface area contributed by atoms with Gasteiger partial charge < -0.3 is 4.74 Å². The molecule has 0 bridgehead atoms. The van der Waals surface area contributed by atoms with E-state index in [1.54, 1.807) is 23.4 Å². The number of anilines is 1. The maximum absolute atomic E-state index is 14.2. The molecule has 1 amide bonds. The topological polar surface area (TPSA) is 92.7 Å². The molecule has 12 heteroatoms. The first-order valence-electron chi connectivity index (χ1n) is 11.9. The van der Waals surface area contributed by atoms with E-state index >= 15 is 0 Å². The van der Waals surface area contributed by atoms with Crippen LogP contribution in [0.5, 0.6) is 5.75 Å². The Morgan fingerprint density at radius 3 is 2.81 bits per heavy atom. The van der Waals surface area contributed by atoms with Crippen LogP contribution in [0.1, 0.15) is 31.7 Å². The Bertz CT molecular complexity index is 1510. The minimum atomic E-state index is -3.89. The SMILES string of the molecule is CCOc1ccc2nc(N(Cc3cccnc3)C(=O)C3CCCCN3S(=O)(=O)c3ccc(Cl)s3)sc2c1. The number of carbonyl (C=O) groups excluding carboxylic acids is 1. The van der Waals surface area contributed by atoms with E-state index in [9.17, 15) is 13.2 Å². The number of hydrogen-bond acceptors (Lipinski definition) is 8. The summed E-state index contributed by atoms with van der Waals surface area (Å²) in [6.07, 6.45) is 5.24. The highest BCUT2D eigenvalue weighted by Gasteiger charge is 2.41. The molecule has 37 heavy (non-hydrogen) atoms. The summed E-state index contributed by atoms with van der Waals surface area (Å²) >= 11 is 8.41. The van der Waals surface area contributed by atoms with Gasteiger partial charge in [0.25, 0.3) is 10.0 Å². The molecule has 4 heterocycles. The Morgan fingerprint density at radius 1 is 1.22 bits per heavy atom. The van der Waals surface area contributed by atoms with Crippen molar-refractivity contribution in [3.05, 3.63) is 64.8 Å². The maximum Gasteiger partial charge on any atom is 0.253 e. The van der Waals surface area contributed by atoms with Gasteiger partial charge in [-0.25, -0.2) is 13.4 Å². The molecular formula is C25H25ClN4O4S3. The summed E-state index contributed by atoms with van der Waals surface area (Å²) in [4.78, 5) is 24.7. The van der Waals surface area contributed by atoms with E-state index in [1.165, 1.54) is 21.7 Å². The lowest BCUT2D eigenvalue weighted by Crippen LogP contribution is -2.52. The summed E-state index contributed by atoms with van der Waals surface area (Å²) < 4.78 is 35.4. The Kier molecular flexibility index (Phi) is 7.77. The lowest BCUT2D eigenvalue weighted by molar-refractivity contribution is -0.123. The van der Waals surface area contributed by atoms with Gasteiger partial charge in [0.2, 0.25) is 5.91 Å². The van der Waals surface area contributed by atoms with Gasteiger partial charge in [-0.15, -0.1) is 11.3 Å². The predicted octanol–water partition coefficient (Wildman–Crippen LogP) is 5.58. The zero-order chi connectivity index (χ0) is 26.0. The molecule has 0 spiro atoms. The van der Waals surface area contributed by atoms with Crippen LogP contribution in [-0.4, -0.2) is 47.8 Å². The highest BCUT2D eigenvalue weighted by molar-refractivity contribution is 7.91. The number of aromatic nitrogens is 2. The fraction of sp³-hybridized carbons (Fsp3) is 0.320. The second-order valence-electron chi connectivity index (χ2n) is 8.53. The van der Waals surface area contributed by atoms with Crippen LogP contribution in [0.15, 0.2) is 59.1 Å². The van der Waals surface area contributed by atoms with E-state index < -0.39 is 16.1 Å². The third-order valence-electron chi connectivity index (χ3n) is 6.07. The largest absolute Gasteiger partial charge is 0.494 e. The minimum Gasteiger partial charge on any atom is -0.494 e. The molecule has 1 fully saturated rings. The summed E-state index contributed by atoms with van der Waals surface area (Å²) in [7, 11) is -3.89. The monoisotopic (exact) mass is 576 g/mol. The molecular weight excluding hydrogens is 552 g/mol. The minimum absolute atomic E-state index is 0.138. The Balaban J connectivity index is 1.53. The normalized spacial score (nSPS) is 16.6. The average Bonchev–Trinajstić information content (AvgIpc) is 3.54. The van der Waals surface area contributed by atoms with Crippen molar-refractivity contribution in [2.75, 3.05) is 18.1 Å². The molecule has 3 aromatic heterocycles. The number of fused-ring (bicyclic) bond motifs is 1. The molecule has 0 N–H and O–H groups in total. The molecule has 1 aliphatic rings.